The molecule has 0 bridgehead atoms. The number of benzene rings is 1. The van der Waals surface area contributed by atoms with Gasteiger partial charge in [-0.25, -0.2) is 10.3 Å². The van der Waals surface area contributed by atoms with E-state index in [1.54, 1.807) is 11.6 Å². The molecule has 2 aliphatic heterocycles. The molecule has 1 aromatic carbocycles. The molecule has 2 fully saturated rings. The van der Waals surface area contributed by atoms with Crippen LogP contribution in [-0.4, -0.2) is 59.2 Å². The van der Waals surface area contributed by atoms with Crippen LogP contribution in [0.5, 0.6) is 0 Å². The van der Waals surface area contributed by atoms with Crippen LogP contribution in [0, 0.1) is 0 Å². The summed E-state index contributed by atoms with van der Waals surface area (Å²) in [5.41, 5.74) is 3.70. The molecule has 0 saturated carbocycles. The summed E-state index contributed by atoms with van der Waals surface area (Å²) in [6.45, 7) is 4.46. The molecule has 3 rings (SSSR count). The van der Waals surface area contributed by atoms with Gasteiger partial charge in [-0.3, -0.25) is 14.9 Å². The summed E-state index contributed by atoms with van der Waals surface area (Å²) in [6, 6.07) is 8.46. The van der Waals surface area contributed by atoms with Gasteiger partial charge >= 0.3 is 6.03 Å². The van der Waals surface area contributed by atoms with Gasteiger partial charge in [0.2, 0.25) is 0 Å². The minimum absolute atomic E-state index is 0.0805. The standard InChI is InChI=1S/C18H24N4O3/c23-17(20-25)6-5-14-1-3-15(4-2-14)13-21-10-7-16(8-11-21)22-12-9-19-18(22)24/h1-6,16,25H,7-13H2,(H,19,24)(H,20,23)/b6-5+. The van der Waals surface area contributed by atoms with Crippen molar-refractivity contribution in [3.05, 3.63) is 41.5 Å². The van der Waals surface area contributed by atoms with Gasteiger partial charge in [0.1, 0.15) is 0 Å². The fourth-order valence-corrected chi connectivity index (χ4v) is 3.43. The minimum atomic E-state index is -0.543. The normalized spacial score (nSPS) is 19.4. The highest BCUT2D eigenvalue weighted by Gasteiger charge is 2.30. The first-order valence-corrected chi connectivity index (χ1v) is 8.63. The maximum absolute atomic E-state index is 11.7. The Kier molecular flexibility index (Phi) is 5.67. The van der Waals surface area contributed by atoms with Gasteiger partial charge < -0.3 is 10.2 Å². The predicted molar refractivity (Wildman–Crippen MR) is 93.8 cm³/mol. The molecule has 7 heteroatoms. The van der Waals surface area contributed by atoms with Crippen molar-refractivity contribution < 1.29 is 14.8 Å². The molecule has 0 unspecified atom stereocenters. The van der Waals surface area contributed by atoms with Gasteiger partial charge in [-0.2, -0.15) is 0 Å². The Balaban J connectivity index is 1.48. The molecule has 0 atom stereocenters. The Labute approximate surface area is 147 Å². The van der Waals surface area contributed by atoms with Crippen molar-refractivity contribution in [2.24, 2.45) is 0 Å². The lowest BCUT2D eigenvalue weighted by Crippen LogP contribution is -2.45. The summed E-state index contributed by atoms with van der Waals surface area (Å²) in [5, 5.41) is 11.3. The number of carbonyl (C=O) groups is 2. The number of urea groups is 1. The van der Waals surface area contributed by atoms with Crippen molar-refractivity contribution in [3.63, 3.8) is 0 Å². The lowest BCUT2D eigenvalue weighted by atomic mass is 10.0. The third kappa shape index (κ3) is 4.58. The second-order valence-electron chi connectivity index (χ2n) is 6.48. The van der Waals surface area contributed by atoms with Crippen LogP contribution in [0.2, 0.25) is 0 Å². The Hall–Kier alpha value is -2.38. The molecule has 7 nitrogen and oxygen atoms in total. The van der Waals surface area contributed by atoms with Gasteiger partial charge in [-0.05, 0) is 30.0 Å². The number of likely N-dealkylation sites (tertiary alicyclic amines) is 1. The number of hydrogen-bond acceptors (Lipinski definition) is 4. The largest absolute Gasteiger partial charge is 0.336 e. The van der Waals surface area contributed by atoms with Crippen molar-refractivity contribution in [2.75, 3.05) is 26.2 Å². The second-order valence-corrected chi connectivity index (χ2v) is 6.48. The van der Waals surface area contributed by atoms with Gasteiger partial charge in [0.05, 0.1) is 0 Å². The number of piperidine rings is 1. The average molecular weight is 344 g/mol. The van der Waals surface area contributed by atoms with E-state index in [2.05, 4.69) is 22.3 Å². The van der Waals surface area contributed by atoms with Crippen molar-refractivity contribution in [1.82, 2.24) is 20.6 Å². The monoisotopic (exact) mass is 344 g/mol. The number of nitrogens with one attached hydrogen (secondary N) is 2. The van der Waals surface area contributed by atoms with E-state index in [-0.39, 0.29) is 6.03 Å². The van der Waals surface area contributed by atoms with E-state index in [9.17, 15) is 9.59 Å². The molecule has 0 aliphatic carbocycles. The van der Waals surface area contributed by atoms with Crippen LogP contribution < -0.4 is 10.8 Å². The summed E-state index contributed by atoms with van der Waals surface area (Å²) in [6.07, 6.45) is 4.98. The molecule has 0 aromatic heterocycles. The van der Waals surface area contributed by atoms with Crippen molar-refractivity contribution in [3.8, 4) is 0 Å². The lowest BCUT2D eigenvalue weighted by molar-refractivity contribution is -0.124. The van der Waals surface area contributed by atoms with Crippen molar-refractivity contribution in [2.45, 2.75) is 25.4 Å². The molecule has 2 heterocycles. The Morgan fingerprint density at radius 3 is 2.56 bits per heavy atom. The van der Waals surface area contributed by atoms with Crippen LogP contribution in [0.15, 0.2) is 30.3 Å². The number of hydrogen-bond donors (Lipinski definition) is 3. The Bertz CT molecular complexity index is 636. The summed E-state index contributed by atoms with van der Waals surface area (Å²) in [4.78, 5) is 27.1. The SMILES string of the molecule is O=C(/C=C/c1ccc(CN2CCC(N3CCNC3=O)CC2)cc1)NO. The first kappa shape index (κ1) is 17.4. The van der Waals surface area contributed by atoms with E-state index in [0.29, 0.717) is 6.04 Å². The molecule has 3 N–H and O–H groups in total. The molecule has 25 heavy (non-hydrogen) atoms. The predicted octanol–water partition coefficient (Wildman–Crippen LogP) is 1.19. The van der Waals surface area contributed by atoms with E-state index in [0.717, 1.165) is 51.1 Å². The van der Waals surface area contributed by atoms with Crippen LogP contribution in [0.1, 0.15) is 24.0 Å². The van der Waals surface area contributed by atoms with Crippen molar-refractivity contribution >= 4 is 18.0 Å². The summed E-state index contributed by atoms with van der Waals surface area (Å²) >= 11 is 0. The number of rotatable bonds is 5. The smallest absolute Gasteiger partial charge is 0.317 e. The number of nitrogens with zero attached hydrogens (tertiary/aromatic N) is 2. The zero-order valence-corrected chi connectivity index (χ0v) is 14.1. The Morgan fingerprint density at radius 1 is 1.24 bits per heavy atom. The highest BCUT2D eigenvalue weighted by Crippen LogP contribution is 2.20. The number of carbonyl (C=O) groups excluding carboxylic acids is 2. The maximum atomic E-state index is 11.7. The molecular weight excluding hydrogens is 320 g/mol. The number of amides is 3. The molecule has 1 aromatic rings. The van der Waals surface area contributed by atoms with E-state index < -0.39 is 5.91 Å². The van der Waals surface area contributed by atoms with E-state index in [1.807, 2.05) is 17.0 Å². The van der Waals surface area contributed by atoms with Gasteiger partial charge in [0, 0.05) is 44.8 Å². The van der Waals surface area contributed by atoms with Gasteiger partial charge in [0.25, 0.3) is 5.91 Å². The maximum Gasteiger partial charge on any atom is 0.317 e. The highest BCUT2D eigenvalue weighted by molar-refractivity contribution is 5.90. The topological polar surface area (TPSA) is 84.9 Å². The molecule has 2 saturated heterocycles. The molecule has 3 amide bonds. The highest BCUT2D eigenvalue weighted by atomic mass is 16.5. The average Bonchev–Trinajstić information content (AvgIpc) is 3.07. The van der Waals surface area contributed by atoms with E-state index in [4.69, 9.17) is 5.21 Å². The third-order valence-corrected chi connectivity index (χ3v) is 4.81. The molecular formula is C18H24N4O3. The van der Waals surface area contributed by atoms with Crippen molar-refractivity contribution in [1.29, 1.82) is 0 Å². The fourth-order valence-electron chi connectivity index (χ4n) is 3.43. The molecule has 2 aliphatic rings. The van der Waals surface area contributed by atoms with Gasteiger partial charge in [-0.15, -0.1) is 0 Å². The van der Waals surface area contributed by atoms with Gasteiger partial charge in [-0.1, -0.05) is 24.3 Å². The summed E-state index contributed by atoms with van der Waals surface area (Å²) < 4.78 is 0. The third-order valence-electron chi connectivity index (χ3n) is 4.81. The van der Waals surface area contributed by atoms with E-state index in [1.165, 1.54) is 11.6 Å². The summed E-state index contributed by atoms with van der Waals surface area (Å²) in [5.74, 6) is -0.543. The first-order valence-electron chi connectivity index (χ1n) is 8.63. The Morgan fingerprint density at radius 2 is 1.96 bits per heavy atom. The van der Waals surface area contributed by atoms with Crippen LogP contribution in [-0.2, 0) is 11.3 Å². The zero-order valence-electron chi connectivity index (χ0n) is 14.1. The quantitative estimate of drug-likeness (QED) is 0.426. The van der Waals surface area contributed by atoms with E-state index >= 15 is 0 Å². The molecule has 0 spiro atoms. The minimum Gasteiger partial charge on any atom is -0.336 e. The zero-order chi connectivity index (χ0) is 17.6. The first-order chi connectivity index (χ1) is 12.2. The van der Waals surface area contributed by atoms with Crippen LogP contribution in [0.4, 0.5) is 4.79 Å². The summed E-state index contributed by atoms with van der Waals surface area (Å²) in [7, 11) is 0. The van der Waals surface area contributed by atoms with Gasteiger partial charge in [0.15, 0.2) is 0 Å². The number of hydroxylamine groups is 1. The van der Waals surface area contributed by atoms with Crippen LogP contribution >= 0.6 is 0 Å². The second kappa shape index (κ2) is 8.13. The molecule has 0 radical (unpaired) electrons. The van der Waals surface area contributed by atoms with Crippen LogP contribution in [0.25, 0.3) is 6.08 Å². The lowest BCUT2D eigenvalue weighted by Gasteiger charge is -2.36. The molecule has 134 valence electrons. The van der Waals surface area contributed by atoms with Crippen LogP contribution in [0.3, 0.4) is 0 Å². The fraction of sp³-hybridized carbons (Fsp3) is 0.444.